The molecule has 0 aliphatic rings. The molecule has 29 heavy (non-hydrogen) atoms. The predicted octanol–water partition coefficient (Wildman–Crippen LogP) is 4.68. The first-order valence-corrected chi connectivity index (χ1v) is 10.4. The number of benzene rings is 1. The van der Waals surface area contributed by atoms with Gasteiger partial charge in [0.25, 0.3) is 5.91 Å². The number of hydrogen-bond donors (Lipinski definition) is 0. The zero-order chi connectivity index (χ0) is 20.5. The Labute approximate surface area is 173 Å². The number of amides is 1. The Bertz CT molecular complexity index is 1180. The number of aryl methyl sites for hydroxylation is 4. The van der Waals surface area contributed by atoms with Gasteiger partial charge in [0.05, 0.1) is 22.5 Å². The fourth-order valence-electron chi connectivity index (χ4n) is 3.48. The van der Waals surface area contributed by atoms with Crippen molar-refractivity contribution in [3.8, 4) is 0 Å². The van der Waals surface area contributed by atoms with Crippen molar-refractivity contribution in [1.82, 2.24) is 19.7 Å². The van der Waals surface area contributed by atoms with Crippen molar-refractivity contribution >= 4 is 32.6 Å². The van der Waals surface area contributed by atoms with Crippen LogP contribution in [0, 0.1) is 20.8 Å². The van der Waals surface area contributed by atoms with Crippen LogP contribution in [0.25, 0.3) is 10.2 Å². The van der Waals surface area contributed by atoms with Gasteiger partial charge in [-0.3, -0.25) is 19.4 Å². The topological polar surface area (TPSA) is 63.9 Å². The summed E-state index contributed by atoms with van der Waals surface area (Å²) in [6.45, 7) is 9.07. The van der Waals surface area contributed by atoms with E-state index in [0.29, 0.717) is 23.9 Å². The van der Waals surface area contributed by atoms with Crippen LogP contribution in [-0.2, 0) is 13.1 Å². The molecule has 4 rings (SSSR count). The number of nitrogens with zero attached hydrogens (tertiary/aromatic N) is 5. The molecule has 0 atom stereocenters. The molecule has 6 nitrogen and oxygen atoms in total. The van der Waals surface area contributed by atoms with E-state index >= 15 is 0 Å². The summed E-state index contributed by atoms with van der Waals surface area (Å²) in [4.78, 5) is 24.3. The van der Waals surface area contributed by atoms with Crippen LogP contribution < -0.4 is 4.90 Å². The number of hydrogen-bond acceptors (Lipinski definition) is 5. The summed E-state index contributed by atoms with van der Waals surface area (Å²) in [6, 6.07) is 9.90. The molecule has 3 heterocycles. The van der Waals surface area contributed by atoms with E-state index in [4.69, 9.17) is 4.98 Å². The van der Waals surface area contributed by atoms with Gasteiger partial charge in [0.2, 0.25) is 0 Å². The van der Waals surface area contributed by atoms with Crippen molar-refractivity contribution in [3.63, 3.8) is 0 Å². The standard InChI is InChI=1S/C22H23N5OS/c1-5-27-19(11-16(4)25-27)21(28)26(13-17-7-6-8-23-12-17)22-24-18-10-14(2)9-15(3)20(18)29-22/h6-12H,5,13H2,1-4H3. The summed E-state index contributed by atoms with van der Waals surface area (Å²) >= 11 is 1.55. The highest BCUT2D eigenvalue weighted by molar-refractivity contribution is 7.22. The Morgan fingerprint density at radius 1 is 1.21 bits per heavy atom. The fourth-order valence-corrected chi connectivity index (χ4v) is 4.49. The van der Waals surface area contributed by atoms with E-state index in [1.165, 1.54) is 5.56 Å². The molecule has 0 saturated carbocycles. The van der Waals surface area contributed by atoms with Gasteiger partial charge in [-0.25, -0.2) is 4.98 Å². The third kappa shape index (κ3) is 3.78. The SMILES string of the molecule is CCn1nc(C)cc1C(=O)N(Cc1cccnc1)c1nc2cc(C)cc(C)c2s1. The highest BCUT2D eigenvalue weighted by Crippen LogP contribution is 2.33. The number of rotatable bonds is 5. The molecule has 0 unspecified atom stereocenters. The summed E-state index contributed by atoms with van der Waals surface area (Å²) in [5, 5.41) is 5.13. The molecule has 0 N–H and O–H groups in total. The van der Waals surface area contributed by atoms with Crippen molar-refractivity contribution < 1.29 is 4.79 Å². The average molecular weight is 406 g/mol. The molecule has 1 aromatic carbocycles. The Hall–Kier alpha value is -3.06. The largest absolute Gasteiger partial charge is 0.278 e. The van der Waals surface area contributed by atoms with Crippen LogP contribution in [-0.4, -0.2) is 25.7 Å². The van der Waals surface area contributed by atoms with Gasteiger partial charge in [0, 0.05) is 18.9 Å². The quantitative estimate of drug-likeness (QED) is 0.484. The lowest BCUT2D eigenvalue weighted by atomic mass is 10.1. The number of aromatic nitrogens is 4. The van der Waals surface area contributed by atoms with Crippen molar-refractivity contribution in [3.05, 3.63) is 70.8 Å². The second kappa shape index (κ2) is 7.75. The smallest absolute Gasteiger partial charge is 0.278 e. The Morgan fingerprint density at radius 2 is 2.03 bits per heavy atom. The summed E-state index contributed by atoms with van der Waals surface area (Å²) in [7, 11) is 0. The van der Waals surface area contributed by atoms with Crippen molar-refractivity contribution in [2.24, 2.45) is 0 Å². The lowest BCUT2D eigenvalue weighted by molar-refractivity contribution is 0.0975. The van der Waals surface area contributed by atoms with Crippen molar-refractivity contribution in [2.45, 2.75) is 40.8 Å². The second-order valence-corrected chi connectivity index (χ2v) is 8.14. The Kier molecular flexibility index (Phi) is 5.15. The highest BCUT2D eigenvalue weighted by Gasteiger charge is 2.25. The van der Waals surface area contributed by atoms with Gasteiger partial charge in [-0.2, -0.15) is 5.10 Å². The molecule has 0 aliphatic heterocycles. The third-order valence-electron chi connectivity index (χ3n) is 4.77. The summed E-state index contributed by atoms with van der Waals surface area (Å²) in [6.07, 6.45) is 3.51. The molecule has 3 aromatic heterocycles. The zero-order valence-corrected chi connectivity index (χ0v) is 17.8. The first kappa shape index (κ1) is 19.3. The van der Waals surface area contributed by atoms with Crippen LogP contribution in [0.3, 0.4) is 0 Å². The highest BCUT2D eigenvalue weighted by atomic mass is 32.1. The molecule has 0 saturated heterocycles. The van der Waals surface area contributed by atoms with Gasteiger partial charge in [0.15, 0.2) is 5.13 Å². The number of anilines is 1. The minimum atomic E-state index is -0.107. The van der Waals surface area contributed by atoms with Crippen LogP contribution in [0.15, 0.2) is 42.7 Å². The maximum atomic E-state index is 13.6. The van der Waals surface area contributed by atoms with Crippen LogP contribution in [0.5, 0.6) is 0 Å². The molecule has 0 radical (unpaired) electrons. The molecule has 148 valence electrons. The van der Waals surface area contributed by atoms with Crippen molar-refractivity contribution in [2.75, 3.05) is 4.90 Å². The summed E-state index contributed by atoms with van der Waals surface area (Å²) < 4.78 is 2.85. The Balaban J connectivity index is 1.82. The van der Waals surface area contributed by atoms with Gasteiger partial charge >= 0.3 is 0 Å². The number of pyridine rings is 1. The molecule has 4 aromatic rings. The molecule has 0 bridgehead atoms. The van der Waals surface area contributed by atoms with E-state index in [9.17, 15) is 4.79 Å². The normalized spacial score (nSPS) is 11.2. The monoisotopic (exact) mass is 405 g/mol. The molecule has 1 amide bonds. The van der Waals surface area contributed by atoms with Gasteiger partial charge in [-0.05, 0) is 62.6 Å². The fraction of sp³-hybridized carbons (Fsp3) is 0.273. The maximum absolute atomic E-state index is 13.6. The molecule has 0 spiro atoms. The van der Waals surface area contributed by atoms with Gasteiger partial charge in [0.1, 0.15) is 5.69 Å². The van der Waals surface area contributed by atoms with Crippen LogP contribution in [0.4, 0.5) is 5.13 Å². The predicted molar refractivity (Wildman–Crippen MR) is 116 cm³/mol. The van der Waals surface area contributed by atoms with E-state index in [1.54, 1.807) is 33.3 Å². The number of thiazole rings is 1. The zero-order valence-electron chi connectivity index (χ0n) is 17.0. The molecular weight excluding hydrogens is 382 g/mol. The first-order valence-electron chi connectivity index (χ1n) is 9.59. The lowest BCUT2D eigenvalue weighted by Crippen LogP contribution is -2.32. The molecule has 0 fully saturated rings. The van der Waals surface area contributed by atoms with Gasteiger partial charge < -0.3 is 0 Å². The van der Waals surface area contributed by atoms with Crippen LogP contribution in [0.1, 0.15) is 39.8 Å². The van der Waals surface area contributed by atoms with Gasteiger partial charge in [-0.1, -0.05) is 23.5 Å². The molecule has 7 heteroatoms. The third-order valence-corrected chi connectivity index (χ3v) is 6.00. The number of fused-ring (bicyclic) bond motifs is 1. The average Bonchev–Trinajstić information content (AvgIpc) is 3.29. The van der Waals surface area contributed by atoms with Gasteiger partial charge in [-0.15, -0.1) is 0 Å². The van der Waals surface area contributed by atoms with E-state index in [0.717, 1.165) is 27.0 Å². The van der Waals surface area contributed by atoms with E-state index in [-0.39, 0.29) is 5.91 Å². The van der Waals surface area contributed by atoms with Crippen LogP contribution >= 0.6 is 11.3 Å². The molecule has 0 aliphatic carbocycles. The first-order chi connectivity index (χ1) is 14.0. The number of carbonyl (C=O) groups is 1. The minimum Gasteiger partial charge on any atom is -0.278 e. The Morgan fingerprint density at radius 3 is 2.76 bits per heavy atom. The second-order valence-electron chi connectivity index (χ2n) is 7.17. The minimum absolute atomic E-state index is 0.107. The van der Waals surface area contributed by atoms with E-state index < -0.39 is 0 Å². The van der Waals surface area contributed by atoms with Crippen LogP contribution in [0.2, 0.25) is 0 Å². The number of carbonyl (C=O) groups excluding carboxylic acids is 1. The van der Waals surface area contributed by atoms with Crippen molar-refractivity contribution in [1.29, 1.82) is 0 Å². The molecular formula is C22H23N5OS. The van der Waals surface area contributed by atoms with E-state index in [2.05, 4.69) is 36.1 Å². The lowest BCUT2D eigenvalue weighted by Gasteiger charge is -2.20. The summed E-state index contributed by atoms with van der Waals surface area (Å²) in [5.41, 5.74) is 5.61. The summed E-state index contributed by atoms with van der Waals surface area (Å²) in [5.74, 6) is -0.107. The van der Waals surface area contributed by atoms with E-state index in [1.807, 2.05) is 32.0 Å². The maximum Gasteiger partial charge on any atom is 0.278 e.